The molecular formula is C24H15Br2F3N2. The zero-order valence-electron chi connectivity index (χ0n) is 15.9. The molecule has 5 rings (SSSR count). The minimum atomic E-state index is -4.37. The number of nitrogens with one attached hydrogen (secondary N) is 2. The number of aromatic nitrogens is 2. The van der Waals surface area contributed by atoms with E-state index >= 15 is 0 Å². The summed E-state index contributed by atoms with van der Waals surface area (Å²) in [5.74, 6) is -0.256. The molecule has 0 atom stereocenters. The van der Waals surface area contributed by atoms with Crippen molar-refractivity contribution in [2.45, 2.75) is 12.1 Å². The highest BCUT2D eigenvalue weighted by Crippen LogP contribution is 2.41. The van der Waals surface area contributed by atoms with E-state index in [-0.39, 0.29) is 5.92 Å². The number of halogens is 5. The number of fused-ring (bicyclic) bond motifs is 2. The van der Waals surface area contributed by atoms with Crippen LogP contribution in [0.25, 0.3) is 21.8 Å². The number of hydrogen-bond donors (Lipinski definition) is 2. The highest BCUT2D eigenvalue weighted by molar-refractivity contribution is 9.10. The number of hydrogen-bond acceptors (Lipinski definition) is 0. The highest BCUT2D eigenvalue weighted by Gasteiger charge is 2.31. The highest BCUT2D eigenvalue weighted by atomic mass is 79.9. The standard InChI is InChI=1S/C24H15Br2F3N2/c25-15-5-7-21-17(9-15)19(11-30-21)23(13-1-3-14(4-2-13)24(27,28)29)20-12-31-22-8-6-16(26)10-18(20)22/h1-12,23,30-31H. The lowest BCUT2D eigenvalue weighted by atomic mass is 9.84. The Kier molecular flexibility index (Phi) is 4.98. The fourth-order valence-corrected chi connectivity index (χ4v) is 4.82. The van der Waals surface area contributed by atoms with Crippen LogP contribution in [0.2, 0.25) is 0 Å². The molecule has 0 bridgehead atoms. The van der Waals surface area contributed by atoms with Gasteiger partial charge in [-0.05, 0) is 65.2 Å². The Hall–Kier alpha value is -2.51. The second kappa shape index (κ2) is 7.57. The van der Waals surface area contributed by atoms with E-state index in [1.165, 1.54) is 0 Å². The van der Waals surface area contributed by atoms with Gasteiger partial charge < -0.3 is 9.97 Å². The molecular weight excluding hydrogens is 533 g/mol. The SMILES string of the molecule is FC(F)(F)c1ccc(C(c2c[nH]c3ccc(Br)cc23)c2c[nH]c3ccc(Br)cc23)cc1. The molecule has 31 heavy (non-hydrogen) atoms. The van der Waals surface area contributed by atoms with Crippen molar-refractivity contribution in [1.82, 2.24) is 9.97 Å². The maximum atomic E-state index is 13.2. The molecule has 0 unspecified atom stereocenters. The third-order valence-electron chi connectivity index (χ3n) is 5.54. The molecule has 156 valence electrons. The lowest BCUT2D eigenvalue weighted by Crippen LogP contribution is -2.07. The van der Waals surface area contributed by atoms with Crippen LogP contribution in [-0.4, -0.2) is 9.97 Å². The molecule has 0 radical (unpaired) electrons. The Bertz CT molecular complexity index is 1320. The topological polar surface area (TPSA) is 31.6 Å². The van der Waals surface area contributed by atoms with Crippen LogP contribution in [0.15, 0.2) is 82.0 Å². The van der Waals surface area contributed by atoms with Crippen LogP contribution in [0, 0.1) is 0 Å². The zero-order valence-corrected chi connectivity index (χ0v) is 19.1. The molecule has 2 nitrogen and oxygen atoms in total. The molecule has 0 aliphatic rings. The van der Waals surface area contributed by atoms with Gasteiger partial charge in [-0.25, -0.2) is 0 Å². The van der Waals surface area contributed by atoms with Gasteiger partial charge in [0.15, 0.2) is 0 Å². The van der Waals surface area contributed by atoms with Gasteiger partial charge in [0.25, 0.3) is 0 Å². The first-order chi connectivity index (χ1) is 14.8. The third-order valence-corrected chi connectivity index (χ3v) is 6.53. The van der Waals surface area contributed by atoms with Crippen molar-refractivity contribution in [2.24, 2.45) is 0 Å². The summed E-state index contributed by atoms with van der Waals surface area (Å²) in [6.07, 6.45) is -0.488. The predicted molar refractivity (Wildman–Crippen MR) is 124 cm³/mol. The number of alkyl halides is 3. The van der Waals surface area contributed by atoms with Gasteiger partial charge in [-0.15, -0.1) is 0 Å². The summed E-state index contributed by atoms with van der Waals surface area (Å²) in [4.78, 5) is 6.60. The Labute approximate surface area is 192 Å². The van der Waals surface area contributed by atoms with Gasteiger partial charge >= 0.3 is 6.18 Å². The minimum Gasteiger partial charge on any atom is -0.361 e. The Morgan fingerprint density at radius 2 is 1.16 bits per heavy atom. The van der Waals surface area contributed by atoms with Gasteiger partial charge in [0.05, 0.1) is 5.56 Å². The molecule has 0 aliphatic heterocycles. The van der Waals surface area contributed by atoms with E-state index in [1.807, 2.05) is 48.8 Å². The van der Waals surface area contributed by atoms with Crippen molar-refractivity contribution >= 4 is 53.7 Å². The molecule has 7 heteroatoms. The van der Waals surface area contributed by atoms with Gasteiger partial charge in [0, 0.05) is 49.1 Å². The largest absolute Gasteiger partial charge is 0.416 e. The smallest absolute Gasteiger partial charge is 0.361 e. The molecule has 0 saturated carbocycles. The second-order valence-corrected chi connectivity index (χ2v) is 9.25. The van der Waals surface area contributed by atoms with E-state index in [2.05, 4.69) is 41.8 Å². The maximum absolute atomic E-state index is 13.2. The van der Waals surface area contributed by atoms with E-state index in [9.17, 15) is 13.2 Å². The first-order valence-corrected chi connectivity index (χ1v) is 11.1. The van der Waals surface area contributed by atoms with Crippen LogP contribution in [0.1, 0.15) is 28.2 Å². The normalized spacial score (nSPS) is 12.3. The molecule has 0 aliphatic carbocycles. The molecule has 2 aromatic heterocycles. The molecule has 3 aromatic carbocycles. The van der Waals surface area contributed by atoms with Crippen molar-refractivity contribution in [3.63, 3.8) is 0 Å². The average Bonchev–Trinajstić information content (AvgIpc) is 3.33. The van der Waals surface area contributed by atoms with Crippen LogP contribution in [-0.2, 0) is 6.18 Å². The fraction of sp³-hybridized carbons (Fsp3) is 0.0833. The van der Waals surface area contributed by atoms with Gasteiger partial charge in [-0.2, -0.15) is 13.2 Å². The summed E-state index contributed by atoms with van der Waals surface area (Å²) in [5.41, 5.74) is 4.06. The van der Waals surface area contributed by atoms with Gasteiger partial charge in [0.1, 0.15) is 0 Å². The molecule has 0 amide bonds. The van der Waals surface area contributed by atoms with Gasteiger partial charge in [-0.1, -0.05) is 44.0 Å². The zero-order chi connectivity index (χ0) is 21.8. The molecule has 5 aromatic rings. The fourth-order valence-electron chi connectivity index (χ4n) is 4.10. The Morgan fingerprint density at radius 1 is 0.677 bits per heavy atom. The van der Waals surface area contributed by atoms with Crippen LogP contribution in [0.4, 0.5) is 13.2 Å². The summed E-state index contributed by atoms with van der Waals surface area (Å²) in [7, 11) is 0. The summed E-state index contributed by atoms with van der Waals surface area (Å²) in [5, 5.41) is 2.03. The molecule has 2 heterocycles. The van der Waals surface area contributed by atoms with Crippen molar-refractivity contribution < 1.29 is 13.2 Å². The summed E-state index contributed by atoms with van der Waals surface area (Å²) < 4.78 is 41.3. The Morgan fingerprint density at radius 3 is 1.61 bits per heavy atom. The maximum Gasteiger partial charge on any atom is 0.416 e. The summed E-state index contributed by atoms with van der Waals surface area (Å²) in [6.45, 7) is 0. The number of benzene rings is 3. The lowest BCUT2D eigenvalue weighted by molar-refractivity contribution is -0.137. The van der Waals surface area contributed by atoms with E-state index < -0.39 is 11.7 Å². The second-order valence-electron chi connectivity index (χ2n) is 7.42. The summed E-state index contributed by atoms with van der Waals surface area (Å²) in [6, 6.07) is 17.4. The monoisotopic (exact) mass is 546 g/mol. The van der Waals surface area contributed by atoms with Crippen LogP contribution >= 0.6 is 31.9 Å². The number of rotatable bonds is 3. The molecule has 2 N–H and O–H groups in total. The van der Waals surface area contributed by atoms with E-state index in [0.29, 0.717) is 0 Å². The third kappa shape index (κ3) is 3.70. The Balaban J connectivity index is 1.76. The number of aromatic amines is 2. The molecule has 0 saturated heterocycles. The quantitative estimate of drug-likeness (QED) is 0.227. The molecule has 0 spiro atoms. The minimum absolute atomic E-state index is 0.256. The van der Waals surface area contributed by atoms with Gasteiger partial charge in [-0.3, -0.25) is 0 Å². The van der Waals surface area contributed by atoms with E-state index in [4.69, 9.17) is 0 Å². The first-order valence-electron chi connectivity index (χ1n) is 9.51. The number of H-pyrrole nitrogens is 2. The lowest BCUT2D eigenvalue weighted by Gasteiger charge is -2.18. The summed E-state index contributed by atoms with van der Waals surface area (Å²) >= 11 is 7.07. The average molecular weight is 548 g/mol. The molecule has 0 fully saturated rings. The van der Waals surface area contributed by atoms with E-state index in [0.717, 1.165) is 59.6 Å². The predicted octanol–water partition coefficient (Wildman–Crippen LogP) is 8.37. The van der Waals surface area contributed by atoms with Gasteiger partial charge in [0.2, 0.25) is 0 Å². The van der Waals surface area contributed by atoms with Crippen molar-refractivity contribution in [2.75, 3.05) is 0 Å². The van der Waals surface area contributed by atoms with Crippen molar-refractivity contribution in [3.8, 4) is 0 Å². The van der Waals surface area contributed by atoms with Crippen LogP contribution in [0.5, 0.6) is 0 Å². The van der Waals surface area contributed by atoms with E-state index in [1.54, 1.807) is 12.1 Å². The van der Waals surface area contributed by atoms with Crippen LogP contribution in [0.3, 0.4) is 0 Å². The van der Waals surface area contributed by atoms with Crippen LogP contribution < -0.4 is 0 Å². The van der Waals surface area contributed by atoms with Crippen molar-refractivity contribution in [3.05, 3.63) is 104 Å². The first kappa shape index (κ1) is 20.4. The van der Waals surface area contributed by atoms with Crippen molar-refractivity contribution in [1.29, 1.82) is 0 Å².